The van der Waals surface area contributed by atoms with Gasteiger partial charge >= 0.3 is 0 Å². The van der Waals surface area contributed by atoms with Gasteiger partial charge in [0.1, 0.15) is 5.75 Å². The average molecular weight is 197 g/mol. The predicted octanol–water partition coefficient (Wildman–Crippen LogP) is 0.657. The number of anilines is 1. The molecule has 1 aromatic rings. The molecule has 0 aliphatic carbocycles. The Kier molecular flexibility index (Phi) is 3.73. The molecule has 0 radical (unpaired) electrons. The fourth-order valence-corrected chi connectivity index (χ4v) is 1.12. The lowest BCUT2D eigenvalue weighted by Crippen LogP contribution is -2.17. The molecule has 4 heteroatoms. The lowest BCUT2D eigenvalue weighted by Gasteiger charge is -2.14. The van der Waals surface area contributed by atoms with Crippen LogP contribution in [0.1, 0.15) is 12.0 Å². The molecule has 0 aliphatic heterocycles. The Morgan fingerprint density at radius 3 is 2.79 bits per heavy atom. The standard InChI is InChI=1S/C10H15NO3/c1-7-6-8(11)2-3-9(7)14-10(13)4-5-12/h2-3,6,10,12-13H,4-5,11H2,1H3. The van der Waals surface area contributed by atoms with E-state index in [-0.39, 0.29) is 13.0 Å². The van der Waals surface area contributed by atoms with Crippen LogP contribution < -0.4 is 10.5 Å². The maximum Gasteiger partial charge on any atom is 0.199 e. The number of aliphatic hydroxyl groups excluding tert-OH is 2. The summed E-state index contributed by atoms with van der Waals surface area (Å²) in [7, 11) is 0. The fourth-order valence-electron chi connectivity index (χ4n) is 1.12. The van der Waals surface area contributed by atoms with Gasteiger partial charge in [-0.15, -0.1) is 0 Å². The van der Waals surface area contributed by atoms with Gasteiger partial charge in [0.2, 0.25) is 0 Å². The van der Waals surface area contributed by atoms with E-state index in [1.54, 1.807) is 18.2 Å². The van der Waals surface area contributed by atoms with Crippen LogP contribution in [0.4, 0.5) is 5.69 Å². The Bertz CT molecular complexity index is 301. The van der Waals surface area contributed by atoms with Gasteiger partial charge in [-0.25, -0.2) is 0 Å². The Morgan fingerprint density at radius 2 is 2.21 bits per heavy atom. The molecule has 1 unspecified atom stereocenters. The summed E-state index contributed by atoms with van der Waals surface area (Å²) in [6.45, 7) is 1.74. The second-order valence-corrected chi connectivity index (χ2v) is 3.11. The van der Waals surface area contributed by atoms with Crippen LogP contribution in [0.25, 0.3) is 0 Å². The van der Waals surface area contributed by atoms with E-state index < -0.39 is 6.29 Å². The first kappa shape index (κ1) is 10.8. The van der Waals surface area contributed by atoms with Gasteiger partial charge in [0.25, 0.3) is 0 Å². The molecular weight excluding hydrogens is 182 g/mol. The molecular formula is C10H15NO3. The molecule has 4 N–H and O–H groups in total. The third-order valence-electron chi connectivity index (χ3n) is 1.84. The number of nitrogen functional groups attached to an aromatic ring is 1. The normalized spacial score (nSPS) is 12.5. The molecule has 0 heterocycles. The molecule has 1 rings (SSSR count). The van der Waals surface area contributed by atoms with Crippen LogP contribution in [0.5, 0.6) is 5.75 Å². The third-order valence-corrected chi connectivity index (χ3v) is 1.84. The molecule has 78 valence electrons. The molecule has 0 amide bonds. The summed E-state index contributed by atoms with van der Waals surface area (Å²) in [4.78, 5) is 0. The molecule has 0 fully saturated rings. The second kappa shape index (κ2) is 4.83. The zero-order chi connectivity index (χ0) is 10.6. The fraction of sp³-hybridized carbons (Fsp3) is 0.400. The average Bonchev–Trinajstić information content (AvgIpc) is 2.10. The minimum Gasteiger partial charge on any atom is -0.465 e. The van der Waals surface area contributed by atoms with E-state index in [0.29, 0.717) is 11.4 Å². The smallest absolute Gasteiger partial charge is 0.199 e. The van der Waals surface area contributed by atoms with Gasteiger partial charge in [-0.05, 0) is 30.7 Å². The van der Waals surface area contributed by atoms with Crippen molar-refractivity contribution in [2.75, 3.05) is 12.3 Å². The molecule has 4 nitrogen and oxygen atoms in total. The van der Waals surface area contributed by atoms with Crippen molar-refractivity contribution < 1.29 is 14.9 Å². The van der Waals surface area contributed by atoms with Crippen LogP contribution in [-0.2, 0) is 0 Å². The van der Waals surface area contributed by atoms with Gasteiger partial charge in [0.15, 0.2) is 6.29 Å². The van der Waals surface area contributed by atoms with Crippen molar-refractivity contribution in [2.45, 2.75) is 19.6 Å². The Hall–Kier alpha value is -1.26. The monoisotopic (exact) mass is 197 g/mol. The minimum atomic E-state index is -0.970. The molecule has 0 aromatic heterocycles. The SMILES string of the molecule is Cc1cc(N)ccc1OC(O)CCO. The summed E-state index contributed by atoms with van der Waals surface area (Å²) in [6.07, 6.45) is -0.772. The van der Waals surface area contributed by atoms with Crippen molar-refractivity contribution in [1.29, 1.82) is 0 Å². The first-order valence-electron chi connectivity index (χ1n) is 4.45. The van der Waals surface area contributed by atoms with Gasteiger partial charge < -0.3 is 20.7 Å². The molecule has 0 saturated carbocycles. The van der Waals surface area contributed by atoms with Crippen LogP contribution in [0.15, 0.2) is 18.2 Å². The minimum absolute atomic E-state index is 0.102. The number of benzene rings is 1. The summed E-state index contributed by atoms with van der Waals surface area (Å²) in [5.74, 6) is 0.583. The maximum absolute atomic E-state index is 9.28. The molecule has 1 atom stereocenters. The maximum atomic E-state index is 9.28. The van der Waals surface area contributed by atoms with Crippen LogP contribution in [-0.4, -0.2) is 23.1 Å². The summed E-state index contributed by atoms with van der Waals surface area (Å²) in [6, 6.07) is 5.17. The highest BCUT2D eigenvalue weighted by atomic mass is 16.6. The number of ether oxygens (including phenoxy) is 1. The van der Waals surface area contributed by atoms with Crippen molar-refractivity contribution in [2.24, 2.45) is 0 Å². The zero-order valence-corrected chi connectivity index (χ0v) is 8.10. The topological polar surface area (TPSA) is 75.7 Å². The highest BCUT2D eigenvalue weighted by Crippen LogP contribution is 2.21. The summed E-state index contributed by atoms with van der Waals surface area (Å²) >= 11 is 0. The number of rotatable bonds is 4. The van der Waals surface area contributed by atoms with Gasteiger partial charge in [0.05, 0.1) is 0 Å². The summed E-state index contributed by atoms with van der Waals surface area (Å²) in [5.41, 5.74) is 7.08. The summed E-state index contributed by atoms with van der Waals surface area (Å²) in [5, 5.41) is 17.9. The lowest BCUT2D eigenvalue weighted by molar-refractivity contribution is -0.0331. The molecule has 14 heavy (non-hydrogen) atoms. The van der Waals surface area contributed by atoms with Crippen molar-refractivity contribution >= 4 is 5.69 Å². The van der Waals surface area contributed by atoms with Gasteiger partial charge in [-0.1, -0.05) is 0 Å². The van der Waals surface area contributed by atoms with E-state index in [9.17, 15) is 5.11 Å². The first-order valence-corrected chi connectivity index (χ1v) is 4.45. The number of nitrogens with two attached hydrogens (primary N) is 1. The highest BCUT2D eigenvalue weighted by Gasteiger charge is 2.06. The van der Waals surface area contributed by atoms with Crippen molar-refractivity contribution in [3.8, 4) is 5.75 Å². The molecule has 0 aliphatic rings. The molecule has 0 saturated heterocycles. The first-order chi connectivity index (χ1) is 6.63. The number of aryl methyl sites for hydroxylation is 1. The Balaban J connectivity index is 2.67. The van der Waals surface area contributed by atoms with E-state index in [0.717, 1.165) is 5.56 Å². The van der Waals surface area contributed by atoms with Gasteiger partial charge in [-0.2, -0.15) is 0 Å². The largest absolute Gasteiger partial charge is 0.465 e. The number of hydrogen-bond donors (Lipinski definition) is 3. The quantitative estimate of drug-likeness (QED) is 0.489. The van der Waals surface area contributed by atoms with Gasteiger partial charge in [0, 0.05) is 18.7 Å². The predicted molar refractivity (Wildman–Crippen MR) is 53.9 cm³/mol. The van der Waals surface area contributed by atoms with Crippen LogP contribution >= 0.6 is 0 Å². The van der Waals surface area contributed by atoms with Crippen molar-refractivity contribution in [3.05, 3.63) is 23.8 Å². The number of aliphatic hydroxyl groups is 2. The molecule has 0 spiro atoms. The zero-order valence-electron chi connectivity index (χ0n) is 8.10. The van der Waals surface area contributed by atoms with E-state index in [4.69, 9.17) is 15.6 Å². The van der Waals surface area contributed by atoms with E-state index >= 15 is 0 Å². The van der Waals surface area contributed by atoms with E-state index in [2.05, 4.69) is 0 Å². The summed E-state index contributed by atoms with van der Waals surface area (Å²) < 4.78 is 5.18. The Labute approximate surface area is 82.9 Å². The third kappa shape index (κ3) is 2.90. The van der Waals surface area contributed by atoms with Crippen LogP contribution in [0, 0.1) is 6.92 Å². The van der Waals surface area contributed by atoms with Crippen molar-refractivity contribution in [1.82, 2.24) is 0 Å². The second-order valence-electron chi connectivity index (χ2n) is 3.11. The van der Waals surface area contributed by atoms with Gasteiger partial charge in [-0.3, -0.25) is 0 Å². The van der Waals surface area contributed by atoms with E-state index in [1.165, 1.54) is 0 Å². The van der Waals surface area contributed by atoms with Crippen molar-refractivity contribution in [3.63, 3.8) is 0 Å². The van der Waals surface area contributed by atoms with Crippen LogP contribution in [0.3, 0.4) is 0 Å². The Morgan fingerprint density at radius 1 is 1.50 bits per heavy atom. The molecule has 1 aromatic carbocycles. The van der Waals surface area contributed by atoms with Crippen LogP contribution in [0.2, 0.25) is 0 Å². The highest BCUT2D eigenvalue weighted by molar-refractivity contribution is 5.47. The van der Waals surface area contributed by atoms with E-state index in [1.807, 2.05) is 6.92 Å². The lowest BCUT2D eigenvalue weighted by atomic mass is 10.2. The number of hydrogen-bond acceptors (Lipinski definition) is 4. The molecule has 0 bridgehead atoms.